The highest BCUT2D eigenvalue weighted by atomic mass is 16.3. The molecule has 0 saturated heterocycles. The second-order valence-electron chi connectivity index (χ2n) is 4.11. The maximum atomic E-state index is 8.67. The summed E-state index contributed by atoms with van der Waals surface area (Å²) in [5, 5.41) is 8.67. The van der Waals surface area contributed by atoms with Gasteiger partial charge in [-0.05, 0) is 11.0 Å². The van der Waals surface area contributed by atoms with Crippen LogP contribution in [0, 0.1) is 0 Å². The van der Waals surface area contributed by atoms with Crippen molar-refractivity contribution >= 4 is 0 Å². The highest BCUT2D eigenvalue weighted by Crippen LogP contribution is 2.19. The summed E-state index contributed by atoms with van der Waals surface area (Å²) >= 11 is 0. The fourth-order valence-corrected chi connectivity index (χ4v) is 0.971. The molecule has 0 aliphatic heterocycles. The minimum absolute atomic E-state index is 0.0950. The van der Waals surface area contributed by atoms with E-state index in [1.54, 1.807) is 0 Å². The Morgan fingerprint density at radius 3 is 2.15 bits per heavy atom. The van der Waals surface area contributed by atoms with Crippen LogP contribution >= 0.6 is 0 Å². The van der Waals surface area contributed by atoms with Crippen molar-refractivity contribution < 1.29 is 5.11 Å². The maximum Gasteiger partial charge on any atom is 0.130 e. The van der Waals surface area contributed by atoms with Gasteiger partial charge < -0.3 is 5.11 Å². The average Bonchev–Trinajstić information content (AvgIpc) is 2.04. The molecular formula is C10H16N2O. The predicted molar refractivity (Wildman–Crippen MR) is 51.5 cm³/mol. The minimum Gasteiger partial charge on any atom is -0.396 e. The second kappa shape index (κ2) is 3.83. The van der Waals surface area contributed by atoms with Crippen LogP contribution in [-0.4, -0.2) is 21.7 Å². The third-order valence-corrected chi connectivity index (χ3v) is 1.91. The molecule has 0 bridgehead atoms. The molecule has 72 valence electrons. The summed E-state index contributed by atoms with van der Waals surface area (Å²) in [6.07, 6.45) is 4.19. The van der Waals surface area contributed by atoms with Gasteiger partial charge in [-0.1, -0.05) is 20.8 Å². The molecule has 3 heteroatoms. The van der Waals surface area contributed by atoms with Gasteiger partial charge in [0.25, 0.3) is 0 Å². The highest BCUT2D eigenvalue weighted by molar-refractivity contribution is 5.15. The predicted octanol–water partition coefficient (Wildman–Crippen LogP) is 1.31. The standard InChI is InChI=1S/C10H16N2O/c1-10(2,3)8-6-11-9(4-5-13)12-7-8/h6-7,13H,4-5H2,1-3H3. The first-order valence-electron chi connectivity index (χ1n) is 4.46. The van der Waals surface area contributed by atoms with Gasteiger partial charge in [-0.3, -0.25) is 0 Å². The lowest BCUT2D eigenvalue weighted by Gasteiger charge is -2.17. The largest absolute Gasteiger partial charge is 0.396 e. The summed E-state index contributed by atoms with van der Waals surface area (Å²) in [6.45, 7) is 6.47. The number of hydrogen-bond acceptors (Lipinski definition) is 3. The zero-order chi connectivity index (χ0) is 9.90. The van der Waals surface area contributed by atoms with Gasteiger partial charge in [0.2, 0.25) is 0 Å². The van der Waals surface area contributed by atoms with Crippen molar-refractivity contribution in [2.24, 2.45) is 0 Å². The van der Waals surface area contributed by atoms with Gasteiger partial charge in [0.15, 0.2) is 0 Å². The molecule has 1 aromatic heterocycles. The van der Waals surface area contributed by atoms with Crippen molar-refractivity contribution in [1.82, 2.24) is 9.97 Å². The molecule has 1 rings (SSSR count). The first-order valence-corrected chi connectivity index (χ1v) is 4.46. The van der Waals surface area contributed by atoms with Crippen molar-refractivity contribution in [2.75, 3.05) is 6.61 Å². The van der Waals surface area contributed by atoms with E-state index >= 15 is 0 Å². The van der Waals surface area contributed by atoms with Crippen molar-refractivity contribution in [3.63, 3.8) is 0 Å². The molecule has 0 spiro atoms. The van der Waals surface area contributed by atoms with E-state index in [1.165, 1.54) is 0 Å². The molecule has 0 unspecified atom stereocenters. The van der Waals surface area contributed by atoms with E-state index in [9.17, 15) is 0 Å². The quantitative estimate of drug-likeness (QED) is 0.746. The molecule has 0 aromatic carbocycles. The summed E-state index contributed by atoms with van der Waals surface area (Å²) in [7, 11) is 0. The molecule has 0 atom stereocenters. The zero-order valence-electron chi connectivity index (χ0n) is 8.41. The number of aliphatic hydroxyl groups is 1. The van der Waals surface area contributed by atoms with Gasteiger partial charge in [0.05, 0.1) is 6.61 Å². The first kappa shape index (κ1) is 10.1. The van der Waals surface area contributed by atoms with Crippen LogP contribution in [0.4, 0.5) is 0 Å². The Bertz CT molecular complexity index is 261. The molecule has 1 aromatic rings. The number of aliphatic hydroxyl groups excluding tert-OH is 1. The van der Waals surface area contributed by atoms with E-state index in [-0.39, 0.29) is 12.0 Å². The molecule has 0 amide bonds. The van der Waals surface area contributed by atoms with Gasteiger partial charge in [-0.2, -0.15) is 0 Å². The molecule has 13 heavy (non-hydrogen) atoms. The molecular weight excluding hydrogens is 164 g/mol. The molecule has 0 saturated carbocycles. The summed E-state index contributed by atoms with van der Waals surface area (Å²) in [5.41, 5.74) is 1.21. The number of nitrogens with zero attached hydrogens (tertiary/aromatic N) is 2. The molecule has 0 aliphatic carbocycles. The average molecular weight is 180 g/mol. The van der Waals surface area contributed by atoms with E-state index in [2.05, 4.69) is 30.7 Å². The van der Waals surface area contributed by atoms with Crippen LogP contribution in [0.25, 0.3) is 0 Å². The molecule has 0 radical (unpaired) electrons. The first-order chi connectivity index (χ1) is 6.04. The van der Waals surface area contributed by atoms with Crippen molar-refractivity contribution in [2.45, 2.75) is 32.6 Å². The maximum absolute atomic E-state index is 8.67. The van der Waals surface area contributed by atoms with E-state index in [4.69, 9.17) is 5.11 Å². The van der Waals surface area contributed by atoms with Crippen LogP contribution < -0.4 is 0 Å². The molecule has 3 nitrogen and oxygen atoms in total. The van der Waals surface area contributed by atoms with E-state index in [0.717, 1.165) is 5.56 Å². The number of hydrogen-bond donors (Lipinski definition) is 1. The molecule has 1 heterocycles. The van der Waals surface area contributed by atoms with Gasteiger partial charge in [-0.15, -0.1) is 0 Å². The van der Waals surface area contributed by atoms with Crippen molar-refractivity contribution in [3.8, 4) is 0 Å². The summed E-state index contributed by atoms with van der Waals surface area (Å²) in [6, 6.07) is 0. The SMILES string of the molecule is CC(C)(C)c1cnc(CCO)nc1. The molecule has 1 N–H and O–H groups in total. The third kappa shape index (κ3) is 2.77. The lowest BCUT2D eigenvalue weighted by molar-refractivity contribution is 0.296. The number of aromatic nitrogens is 2. The van der Waals surface area contributed by atoms with Gasteiger partial charge in [0, 0.05) is 18.8 Å². The van der Waals surface area contributed by atoms with E-state index in [1.807, 2.05) is 12.4 Å². The van der Waals surface area contributed by atoms with Crippen LogP contribution in [0.15, 0.2) is 12.4 Å². The lowest BCUT2D eigenvalue weighted by atomic mass is 9.89. The van der Waals surface area contributed by atoms with Crippen LogP contribution in [0.5, 0.6) is 0 Å². The van der Waals surface area contributed by atoms with Gasteiger partial charge in [0.1, 0.15) is 5.82 Å². The Morgan fingerprint density at radius 1 is 1.23 bits per heavy atom. The summed E-state index contributed by atoms with van der Waals surface area (Å²) in [5.74, 6) is 0.704. The Morgan fingerprint density at radius 2 is 1.77 bits per heavy atom. The Kier molecular flexibility index (Phi) is 2.98. The van der Waals surface area contributed by atoms with Crippen molar-refractivity contribution in [1.29, 1.82) is 0 Å². The smallest absolute Gasteiger partial charge is 0.130 e. The highest BCUT2D eigenvalue weighted by Gasteiger charge is 2.13. The zero-order valence-corrected chi connectivity index (χ0v) is 8.41. The molecule has 0 aliphatic rings. The van der Waals surface area contributed by atoms with Crippen molar-refractivity contribution in [3.05, 3.63) is 23.8 Å². The summed E-state index contributed by atoms with van der Waals surface area (Å²) in [4.78, 5) is 8.33. The van der Waals surface area contributed by atoms with Crippen LogP contribution in [0.2, 0.25) is 0 Å². The fraction of sp³-hybridized carbons (Fsp3) is 0.600. The monoisotopic (exact) mass is 180 g/mol. The fourth-order valence-electron chi connectivity index (χ4n) is 0.971. The van der Waals surface area contributed by atoms with Crippen LogP contribution in [0.1, 0.15) is 32.2 Å². The molecule has 0 fully saturated rings. The Hall–Kier alpha value is -0.960. The van der Waals surface area contributed by atoms with Crippen LogP contribution in [-0.2, 0) is 11.8 Å². The number of rotatable bonds is 2. The third-order valence-electron chi connectivity index (χ3n) is 1.91. The second-order valence-corrected chi connectivity index (χ2v) is 4.11. The Balaban J connectivity index is 2.81. The van der Waals surface area contributed by atoms with Gasteiger partial charge >= 0.3 is 0 Å². The van der Waals surface area contributed by atoms with E-state index < -0.39 is 0 Å². The Labute approximate surface area is 78.9 Å². The van der Waals surface area contributed by atoms with Gasteiger partial charge in [-0.25, -0.2) is 9.97 Å². The van der Waals surface area contributed by atoms with Crippen LogP contribution in [0.3, 0.4) is 0 Å². The van der Waals surface area contributed by atoms with E-state index in [0.29, 0.717) is 12.2 Å². The normalized spacial score (nSPS) is 11.7. The lowest BCUT2D eigenvalue weighted by Crippen LogP contribution is -2.13. The topological polar surface area (TPSA) is 46.0 Å². The minimum atomic E-state index is 0.0950. The summed E-state index contributed by atoms with van der Waals surface area (Å²) < 4.78 is 0.